The third-order valence-electron chi connectivity index (χ3n) is 3.90. The summed E-state index contributed by atoms with van der Waals surface area (Å²) in [7, 11) is -3.60. The largest absolute Gasteiger partial charge is 0.455 e. The molecule has 3 rings (SSSR count). The summed E-state index contributed by atoms with van der Waals surface area (Å²) in [6, 6.07) is 21.1. The summed E-state index contributed by atoms with van der Waals surface area (Å²) in [5, 5.41) is 0. The van der Waals surface area contributed by atoms with Gasteiger partial charge < -0.3 is 10.5 Å². The molecule has 26 heavy (non-hydrogen) atoms. The van der Waals surface area contributed by atoms with Crippen LogP contribution in [0.3, 0.4) is 0 Å². The summed E-state index contributed by atoms with van der Waals surface area (Å²) in [5.41, 5.74) is 8.15. The lowest BCUT2D eigenvalue weighted by Crippen LogP contribution is -2.23. The molecule has 0 aliphatic carbocycles. The Morgan fingerprint density at radius 3 is 2.19 bits per heavy atom. The second-order valence-corrected chi connectivity index (χ2v) is 7.65. The fourth-order valence-electron chi connectivity index (χ4n) is 2.41. The van der Waals surface area contributed by atoms with Crippen molar-refractivity contribution in [2.75, 3.05) is 5.73 Å². The second kappa shape index (κ2) is 7.59. The van der Waals surface area contributed by atoms with Crippen LogP contribution >= 0.6 is 0 Å². The van der Waals surface area contributed by atoms with Crippen molar-refractivity contribution in [3.05, 3.63) is 83.9 Å². The Hall–Kier alpha value is -2.83. The molecule has 0 spiro atoms. The molecule has 0 saturated carbocycles. The minimum atomic E-state index is -3.60. The molecular formula is C20H20N2O3S. The first kappa shape index (κ1) is 18.0. The molecule has 3 aromatic rings. The van der Waals surface area contributed by atoms with Gasteiger partial charge in [0.2, 0.25) is 10.0 Å². The van der Waals surface area contributed by atoms with Gasteiger partial charge >= 0.3 is 0 Å². The molecule has 0 saturated heterocycles. The van der Waals surface area contributed by atoms with Crippen molar-refractivity contribution in [1.82, 2.24) is 4.72 Å². The Morgan fingerprint density at radius 1 is 0.885 bits per heavy atom. The molecule has 0 aromatic heterocycles. The highest BCUT2D eigenvalue weighted by atomic mass is 32.2. The summed E-state index contributed by atoms with van der Waals surface area (Å²) in [4.78, 5) is 0.230. The number of hydrogen-bond acceptors (Lipinski definition) is 4. The van der Waals surface area contributed by atoms with Crippen LogP contribution in [0.5, 0.6) is 11.5 Å². The molecule has 5 nitrogen and oxygen atoms in total. The molecule has 0 heterocycles. The van der Waals surface area contributed by atoms with Crippen LogP contribution < -0.4 is 15.2 Å². The minimum Gasteiger partial charge on any atom is -0.455 e. The number of aryl methyl sites for hydroxylation is 1. The van der Waals surface area contributed by atoms with Crippen molar-refractivity contribution in [3.8, 4) is 11.5 Å². The summed E-state index contributed by atoms with van der Waals surface area (Å²) in [5.74, 6) is 1.08. The fourth-order valence-corrected chi connectivity index (χ4v) is 3.42. The topological polar surface area (TPSA) is 81.4 Å². The molecule has 0 amide bonds. The molecule has 3 N–H and O–H groups in total. The lowest BCUT2D eigenvalue weighted by atomic mass is 10.2. The monoisotopic (exact) mass is 368 g/mol. The van der Waals surface area contributed by atoms with Crippen LogP contribution in [-0.2, 0) is 16.6 Å². The minimum absolute atomic E-state index is 0.110. The van der Waals surface area contributed by atoms with Gasteiger partial charge in [-0.3, -0.25) is 0 Å². The van der Waals surface area contributed by atoms with Crippen molar-refractivity contribution in [2.24, 2.45) is 0 Å². The second-order valence-electron chi connectivity index (χ2n) is 5.89. The van der Waals surface area contributed by atoms with Gasteiger partial charge in [0, 0.05) is 12.1 Å². The SMILES string of the molecule is Cc1ccc(S(=O)(=O)NCc2ccccc2Oc2ccccc2N)cc1. The molecular weight excluding hydrogens is 348 g/mol. The van der Waals surface area contributed by atoms with Crippen LogP contribution in [0.2, 0.25) is 0 Å². The normalized spacial score (nSPS) is 11.3. The molecule has 0 fully saturated rings. The van der Waals surface area contributed by atoms with Crippen LogP contribution in [0.4, 0.5) is 5.69 Å². The number of benzene rings is 3. The summed E-state index contributed by atoms with van der Waals surface area (Å²) in [6.45, 7) is 2.02. The Balaban J connectivity index is 1.78. The van der Waals surface area contributed by atoms with Gasteiger partial charge in [0.1, 0.15) is 11.5 Å². The zero-order valence-corrected chi connectivity index (χ0v) is 15.2. The Labute approximate surface area is 153 Å². The van der Waals surface area contributed by atoms with E-state index < -0.39 is 10.0 Å². The van der Waals surface area contributed by atoms with Gasteiger partial charge in [-0.05, 0) is 37.3 Å². The standard InChI is InChI=1S/C20H20N2O3S/c1-15-10-12-17(13-11-15)26(23,24)22-14-16-6-2-4-8-19(16)25-20-9-5-3-7-18(20)21/h2-13,22H,14,21H2,1H3. The van der Waals surface area contributed by atoms with E-state index in [4.69, 9.17) is 10.5 Å². The maximum atomic E-state index is 12.5. The first-order valence-corrected chi connectivity index (χ1v) is 9.60. The van der Waals surface area contributed by atoms with Crippen LogP contribution in [0.15, 0.2) is 77.7 Å². The van der Waals surface area contributed by atoms with Crippen molar-refractivity contribution in [2.45, 2.75) is 18.4 Å². The predicted octanol–water partition coefficient (Wildman–Crippen LogP) is 3.85. The molecule has 6 heteroatoms. The van der Waals surface area contributed by atoms with Gasteiger partial charge in [-0.25, -0.2) is 13.1 Å². The molecule has 3 aromatic carbocycles. The number of sulfonamides is 1. The van der Waals surface area contributed by atoms with Crippen LogP contribution in [-0.4, -0.2) is 8.42 Å². The van der Waals surface area contributed by atoms with E-state index >= 15 is 0 Å². The number of para-hydroxylation sites is 3. The lowest BCUT2D eigenvalue weighted by molar-refractivity contribution is 0.477. The average Bonchev–Trinajstić information content (AvgIpc) is 2.63. The van der Waals surface area contributed by atoms with E-state index in [0.29, 0.717) is 22.7 Å². The van der Waals surface area contributed by atoms with Gasteiger partial charge in [0.15, 0.2) is 0 Å². The molecule has 0 atom stereocenters. The highest BCUT2D eigenvalue weighted by Crippen LogP contribution is 2.29. The molecule has 0 bridgehead atoms. The average molecular weight is 368 g/mol. The highest BCUT2D eigenvalue weighted by Gasteiger charge is 2.15. The van der Waals surface area contributed by atoms with Crippen molar-refractivity contribution >= 4 is 15.7 Å². The van der Waals surface area contributed by atoms with Gasteiger partial charge in [0.05, 0.1) is 10.6 Å². The van der Waals surface area contributed by atoms with Gasteiger partial charge in [-0.1, -0.05) is 48.0 Å². The van der Waals surface area contributed by atoms with E-state index in [1.165, 1.54) is 0 Å². The van der Waals surface area contributed by atoms with E-state index in [2.05, 4.69) is 4.72 Å². The molecule has 0 aliphatic rings. The third-order valence-corrected chi connectivity index (χ3v) is 5.31. The first-order valence-electron chi connectivity index (χ1n) is 8.12. The number of nitrogen functional groups attached to an aromatic ring is 1. The van der Waals surface area contributed by atoms with Crippen LogP contribution in [0.1, 0.15) is 11.1 Å². The van der Waals surface area contributed by atoms with Crippen molar-refractivity contribution in [1.29, 1.82) is 0 Å². The van der Waals surface area contributed by atoms with E-state index in [1.807, 2.05) is 37.3 Å². The Kier molecular flexibility index (Phi) is 5.25. The van der Waals surface area contributed by atoms with Gasteiger partial charge in [0.25, 0.3) is 0 Å². The number of nitrogens with two attached hydrogens (primary N) is 1. The van der Waals surface area contributed by atoms with Crippen molar-refractivity contribution in [3.63, 3.8) is 0 Å². The van der Waals surface area contributed by atoms with E-state index in [1.54, 1.807) is 42.5 Å². The van der Waals surface area contributed by atoms with Gasteiger partial charge in [-0.15, -0.1) is 0 Å². The van der Waals surface area contributed by atoms with Gasteiger partial charge in [-0.2, -0.15) is 0 Å². The Bertz CT molecular complexity index is 1000. The number of nitrogens with one attached hydrogen (secondary N) is 1. The smallest absolute Gasteiger partial charge is 0.240 e. The maximum absolute atomic E-state index is 12.5. The fraction of sp³-hybridized carbons (Fsp3) is 0.100. The zero-order chi connectivity index (χ0) is 18.6. The lowest BCUT2D eigenvalue weighted by Gasteiger charge is -2.13. The molecule has 0 radical (unpaired) electrons. The van der Waals surface area contributed by atoms with Crippen LogP contribution in [0, 0.1) is 6.92 Å². The van der Waals surface area contributed by atoms with Crippen molar-refractivity contribution < 1.29 is 13.2 Å². The highest BCUT2D eigenvalue weighted by molar-refractivity contribution is 7.89. The number of anilines is 1. The summed E-state index contributed by atoms with van der Waals surface area (Å²) < 4.78 is 33.4. The predicted molar refractivity (Wildman–Crippen MR) is 103 cm³/mol. The summed E-state index contributed by atoms with van der Waals surface area (Å²) >= 11 is 0. The molecule has 134 valence electrons. The first-order chi connectivity index (χ1) is 12.5. The van der Waals surface area contributed by atoms with E-state index in [9.17, 15) is 8.42 Å². The van der Waals surface area contributed by atoms with E-state index in [-0.39, 0.29) is 11.4 Å². The molecule has 0 aliphatic heterocycles. The quantitative estimate of drug-likeness (QED) is 0.648. The zero-order valence-electron chi connectivity index (χ0n) is 14.3. The van der Waals surface area contributed by atoms with Crippen LogP contribution in [0.25, 0.3) is 0 Å². The number of ether oxygens (including phenoxy) is 1. The maximum Gasteiger partial charge on any atom is 0.240 e. The Morgan fingerprint density at radius 2 is 1.50 bits per heavy atom. The molecule has 0 unspecified atom stereocenters. The number of hydrogen-bond donors (Lipinski definition) is 2. The number of rotatable bonds is 6. The summed E-state index contributed by atoms with van der Waals surface area (Å²) in [6.07, 6.45) is 0. The van der Waals surface area contributed by atoms with E-state index in [0.717, 1.165) is 5.56 Å². The third kappa shape index (κ3) is 4.22.